The first-order valence-electron chi connectivity index (χ1n) is 4.71. The van der Waals surface area contributed by atoms with E-state index < -0.39 is 11.7 Å². The van der Waals surface area contributed by atoms with Gasteiger partial charge in [-0.15, -0.1) is 5.10 Å². The predicted molar refractivity (Wildman–Crippen MR) is 58.6 cm³/mol. The highest BCUT2D eigenvalue weighted by molar-refractivity contribution is 5.92. The highest BCUT2D eigenvalue weighted by Crippen LogP contribution is 2.05. The monoisotopic (exact) mass is 225 g/mol. The van der Waals surface area contributed by atoms with E-state index in [0.29, 0.717) is 0 Å². The number of alkyl carbamates (subject to hydrolysis) is 1. The van der Waals surface area contributed by atoms with Crippen LogP contribution in [0.1, 0.15) is 20.8 Å². The van der Waals surface area contributed by atoms with Crippen molar-refractivity contribution < 1.29 is 9.53 Å². The van der Waals surface area contributed by atoms with Crippen LogP contribution < -0.4 is 11.1 Å². The zero-order chi connectivity index (χ0) is 12.2. The van der Waals surface area contributed by atoms with E-state index in [0.717, 1.165) is 0 Å². The Bertz CT molecular complexity index is 377. The molecular weight excluding hydrogens is 210 g/mol. The molecule has 0 aliphatic carbocycles. The summed E-state index contributed by atoms with van der Waals surface area (Å²) in [5.41, 5.74) is 4.89. The topological polar surface area (TPSA) is 94.5 Å². The van der Waals surface area contributed by atoms with Gasteiger partial charge in [-0.05, 0) is 26.8 Å². The van der Waals surface area contributed by atoms with E-state index >= 15 is 0 Å². The molecule has 88 valence electrons. The van der Waals surface area contributed by atoms with Gasteiger partial charge in [-0.1, -0.05) is 0 Å². The normalized spacial score (nSPS) is 12.3. The van der Waals surface area contributed by atoms with Gasteiger partial charge in [-0.25, -0.2) is 4.79 Å². The van der Waals surface area contributed by atoms with Crippen LogP contribution in [0.25, 0.3) is 0 Å². The Balaban J connectivity index is 2.52. The summed E-state index contributed by atoms with van der Waals surface area (Å²) in [7, 11) is 0. The Morgan fingerprint density at radius 1 is 1.56 bits per heavy atom. The van der Waals surface area contributed by atoms with Crippen molar-refractivity contribution in [2.45, 2.75) is 26.4 Å². The molecule has 0 unspecified atom stereocenters. The third-order valence-electron chi connectivity index (χ3n) is 1.33. The van der Waals surface area contributed by atoms with E-state index in [2.05, 4.69) is 15.5 Å². The lowest BCUT2D eigenvalue weighted by Gasteiger charge is -2.19. The molecule has 7 heteroatoms. The SMILES string of the molecule is CC(C)(C)OC(=O)NC(N)=Nn1cccn1. The minimum Gasteiger partial charge on any atom is -0.444 e. The number of carbonyl (C=O) groups is 1. The van der Waals surface area contributed by atoms with Crippen LogP contribution >= 0.6 is 0 Å². The molecule has 1 rings (SSSR count). The second-order valence-corrected chi connectivity index (χ2v) is 4.04. The lowest BCUT2D eigenvalue weighted by molar-refractivity contribution is 0.0562. The molecular formula is C9H15N5O2. The highest BCUT2D eigenvalue weighted by Gasteiger charge is 2.16. The van der Waals surface area contributed by atoms with Gasteiger partial charge in [0.1, 0.15) is 5.60 Å². The van der Waals surface area contributed by atoms with Crippen LogP contribution in [0.3, 0.4) is 0 Å². The summed E-state index contributed by atoms with van der Waals surface area (Å²) in [5, 5.41) is 9.85. The number of aromatic nitrogens is 2. The Hall–Kier alpha value is -2.05. The second-order valence-electron chi connectivity index (χ2n) is 4.04. The van der Waals surface area contributed by atoms with Gasteiger partial charge in [0, 0.05) is 0 Å². The second kappa shape index (κ2) is 4.65. The third kappa shape index (κ3) is 4.45. The maximum absolute atomic E-state index is 11.3. The van der Waals surface area contributed by atoms with Gasteiger partial charge in [0.25, 0.3) is 0 Å². The quantitative estimate of drug-likeness (QED) is 0.537. The highest BCUT2D eigenvalue weighted by atomic mass is 16.6. The summed E-state index contributed by atoms with van der Waals surface area (Å²) >= 11 is 0. The van der Waals surface area contributed by atoms with Crippen LogP contribution in [0.4, 0.5) is 4.79 Å². The molecule has 0 bridgehead atoms. The van der Waals surface area contributed by atoms with Crippen LogP contribution in [0.5, 0.6) is 0 Å². The average Bonchev–Trinajstić information content (AvgIpc) is 2.51. The van der Waals surface area contributed by atoms with Crippen LogP contribution in [0, 0.1) is 0 Å². The molecule has 1 heterocycles. The Labute approximate surface area is 93.3 Å². The van der Waals surface area contributed by atoms with Crippen molar-refractivity contribution in [3.8, 4) is 0 Å². The fourth-order valence-corrected chi connectivity index (χ4v) is 0.863. The van der Waals surface area contributed by atoms with Crippen molar-refractivity contribution in [1.82, 2.24) is 15.2 Å². The number of hydrogen-bond acceptors (Lipinski definition) is 4. The molecule has 0 aromatic carbocycles. The molecule has 0 radical (unpaired) electrons. The number of nitrogens with zero attached hydrogens (tertiary/aromatic N) is 3. The van der Waals surface area contributed by atoms with Crippen molar-refractivity contribution >= 4 is 12.1 Å². The minimum absolute atomic E-state index is 0.0852. The van der Waals surface area contributed by atoms with E-state index in [4.69, 9.17) is 10.5 Å². The summed E-state index contributed by atoms with van der Waals surface area (Å²) in [6.45, 7) is 5.27. The number of ether oxygens (including phenoxy) is 1. The van der Waals surface area contributed by atoms with Crippen molar-refractivity contribution in [3.63, 3.8) is 0 Å². The molecule has 0 atom stereocenters. The van der Waals surface area contributed by atoms with Crippen LogP contribution in [0.15, 0.2) is 23.6 Å². The molecule has 16 heavy (non-hydrogen) atoms. The number of nitrogens with two attached hydrogens (primary N) is 1. The number of carbonyl (C=O) groups excluding carboxylic acids is 1. The van der Waals surface area contributed by atoms with E-state index in [-0.39, 0.29) is 5.96 Å². The number of nitrogens with one attached hydrogen (secondary N) is 1. The van der Waals surface area contributed by atoms with E-state index in [9.17, 15) is 4.79 Å². The summed E-state index contributed by atoms with van der Waals surface area (Å²) in [6, 6.07) is 1.68. The van der Waals surface area contributed by atoms with Crippen molar-refractivity contribution in [2.24, 2.45) is 10.8 Å². The van der Waals surface area contributed by atoms with E-state index in [1.54, 1.807) is 39.2 Å². The van der Waals surface area contributed by atoms with E-state index in [1.807, 2.05) is 0 Å². The first kappa shape index (κ1) is 12.0. The van der Waals surface area contributed by atoms with Gasteiger partial charge in [-0.2, -0.15) is 9.89 Å². The fraction of sp³-hybridized carbons (Fsp3) is 0.444. The number of guanidine groups is 1. The lowest BCUT2D eigenvalue weighted by atomic mass is 10.2. The van der Waals surface area contributed by atoms with Crippen LogP contribution in [-0.2, 0) is 4.74 Å². The Morgan fingerprint density at radius 3 is 2.75 bits per heavy atom. The molecule has 1 aromatic rings. The summed E-state index contributed by atoms with van der Waals surface area (Å²) in [5.74, 6) is -0.0852. The van der Waals surface area contributed by atoms with Gasteiger partial charge >= 0.3 is 6.09 Å². The predicted octanol–water partition coefficient (Wildman–Crippen LogP) is 0.486. The van der Waals surface area contributed by atoms with Gasteiger partial charge < -0.3 is 10.5 Å². The molecule has 0 saturated carbocycles. The van der Waals surface area contributed by atoms with E-state index in [1.165, 1.54) is 4.79 Å². The lowest BCUT2D eigenvalue weighted by Crippen LogP contribution is -2.40. The van der Waals surface area contributed by atoms with Crippen LogP contribution in [-0.4, -0.2) is 27.5 Å². The summed E-state index contributed by atoms with van der Waals surface area (Å²) in [6.07, 6.45) is 2.48. The van der Waals surface area contributed by atoms with Gasteiger partial charge in [0.05, 0.1) is 12.4 Å². The smallest absolute Gasteiger partial charge is 0.414 e. The largest absolute Gasteiger partial charge is 0.444 e. The standard InChI is InChI=1S/C9H15N5O2/c1-9(2,3)16-8(15)12-7(10)13-14-6-4-5-11-14/h4-6H,1-3H3,(H3,10,12,13,15). The zero-order valence-electron chi connectivity index (χ0n) is 9.47. The minimum atomic E-state index is -0.652. The molecule has 1 aromatic heterocycles. The molecule has 3 N–H and O–H groups in total. The molecule has 7 nitrogen and oxygen atoms in total. The number of rotatable bonds is 1. The first-order chi connectivity index (χ1) is 7.37. The van der Waals surface area contributed by atoms with Crippen molar-refractivity contribution in [3.05, 3.63) is 18.5 Å². The number of amides is 1. The third-order valence-corrected chi connectivity index (χ3v) is 1.33. The summed E-state index contributed by atoms with van der Waals surface area (Å²) < 4.78 is 4.99. The van der Waals surface area contributed by atoms with Crippen molar-refractivity contribution in [2.75, 3.05) is 0 Å². The fourth-order valence-electron chi connectivity index (χ4n) is 0.863. The molecule has 0 spiro atoms. The molecule has 0 aliphatic heterocycles. The maximum atomic E-state index is 11.3. The van der Waals surface area contributed by atoms with Gasteiger partial charge in [0.15, 0.2) is 0 Å². The Morgan fingerprint density at radius 2 is 2.25 bits per heavy atom. The Kier molecular flexibility index (Phi) is 3.49. The molecule has 0 aliphatic rings. The van der Waals surface area contributed by atoms with Crippen LogP contribution in [0.2, 0.25) is 0 Å². The van der Waals surface area contributed by atoms with Gasteiger partial charge in [0.2, 0.25) is 5.96 Å². The maximum Gasteiger partial charge on any atom is 0.414 e. The number of hydrogen-bond donors (Lipinski definition) is 2. The molecule has 1 amide bonds. The zero-order valence-corrected chi connectivity index (χ0v) is 9.47. The van der Waals surface area contributed by atoms with Crippen molar-refractivity contribution in [1.29, 1.82) is 0 Å². The van der Waals surface area contributed by atoms with Gasteiger partial charge in [-0.3, -0.25) is 5.32 Å². The average molecular weight is 225 g/mol. The first-order valence-corrected chi connectivity index (χ1v) is 4.71. The summed E-state index contributed by atoms with van der Waals surface area (Å²) in [4.78, 5) is 12.5. The molecule has 0 fully saturated rings. The molecule has 0 saturated heterocycles.